The summed E-state index contributed by atoms with van der Waals surface area (Å²) < 4.78 is 15.3. The van der Waals surface area contributed by atoms with Gasteiger partial charge in [-0.05, 0) is 73.4 Å². The Morgan fingerprint density at radius 2 is 1.86 bits per heavy atom. The molecule has 0 spiro atoms. The molecule has 35 heavy (non-hydrogen) atoms. The van der Waals surface area contributed by atoms with Crippen LogP contribution in [0.15, 0.2) is 79.1 Å². The number of halogens is 1. The minimum Gasteiger partial charge on any atom is -0.338 e. The molecule has 2 N–H and O–H groups in total. The molecular formula is C27H26FN5O2. The molecule has 1 aliphatic heterocycles. The minimum atomic E-state index is -0.407. The zero-order valence-corrected chi connectivity index (χ0v) is 19.2. The number of benzene rings is 3. The summed E-state index contributed by atoms with van der Waals surface area (Å²) in [6.07, 6.45) is 3.59. The van der Waals surface area contributed by atoms with Crippen LogP contribution in [0, 0.1) is 11.7 Å². The van der Waals surface area contributed by atoms with Crippen molar-refractivity contribution in [2.45, 2.75) is 12.8 Å². The van der Waals surface area contributed by atoms with Crippen LogP contribution >= 0.6 is 0 Å². The van der Waals surface area contributed by atoms with Gasteiger partial charge in [0.05, 0.1) is 11.0 Å². The number of likely N-dealkylation sites (tertiary alicyclic amines) is 1. The fourth-order valence-corrected chi connectivity index (χ4v) is 4.51. The molecule has 0 saturated carbocycles. The first-order chi connectivity index (χ1) is 17.1. The van der Waals surface area contributed by atoms with E-state index >= 15 is 0 Å². The number of carbonyl (C=O) groups excluding carboxylic acids is 2. The number of anilines is 1. The number of hydrogen-bond donors (Lipinski definition) is 2. The molecule has 4 aromatic rings. The molecule has 1 fully saturated rings. The molecule has 1 saturated heterocycles. The number of rotatable bonds is 5. The number of carbonyl (C=O) groups is 2. The van der Waals surface area contributed by atoms with Gasteiger partial charge in [-0.25, -0.2) is 14.2 Å². The predicted octanol–water partition coefficient (Wildman–Crippen LogP) is 4.84. The molecule has 1 aromatic heterocycles. The van der Waals surface area contributed by atoms with E-state index in [1.165, 1.54) is 12.1 Å². The fraction of sp³-hybridized carbons (Fsp3) is 0.222. The first-order valence-electron chi connectivity index (χ1n) is 11.7. The molecule has 3 aromatic carbocycles. The normalized spacial score (nSPS) is 15.7. The van der Waals surface area contributed by atoms with Gasteiger partial charge in [0.1, 0.15) is 12.1 Å². The zero-order chi connectivity index (χ0) is 24.2. The Labute approximate surface area is 202 Å². The van der Waals surface area contributed by atoms with Gasteiger partial charge in [-0.3, -0.25) is 9.36 Å². The maximum atomic E-state index is 13.3. The summed E-state index contributed by atoms with van der Waals surface area (Å²) in [6, 6.07) is 20.9. The van der Waals surface area contributed by atoms with Gasteiger partial charge in [0.15, 0.2) is 0 Å². The molecule has 2 heterocycles. The molecule has 1 atom stereocenters. The number of nitrogens with zero attached hydrogens (tertiary/aromatic N) is 3. The lowest BCUT2D eigenvalue weighted by molar-refractivity contribution is 0.0675. The highest BCUT2D eigenvalue weighted by Crippen LogP contribution is 2.21. The van der Waals surface area contributed by atoms with Crippen molar-refractivity contribution >= 4 is 28.7 Å². The average molecular weight is 472 g/mol. The Morgan fingerprint density at radius 3 is 2.69 bits per heavy atom. The van der Waals surface area contributed by atoms with E-state index in [4.69, 9.17) is 0 Å². The van der Waals surface area contributed by atoms with Crippen molar-refractivity contribution in [2.75, 3.05) is 25.0 Å². The zero-order valence-electron chi connectivity index (χ0n) is 19.2. The Kier molecular flexibility index (Phi) is 6.43. The fourth-order valence-electron chi connectivity index (χ4n) is 4.51. The van der Waals surface area contributed by atoms with E-state index in [0.29, 0.717) is 30.9 Å². The third-order valence-corrected chi connectivity index (χ3v) is 6.29. The first-order valence-corrected chi connectivity index (χ1v) is 11.7. The van der Waals surface area contributed by atoms with E-state index < -0.39 is 5.82 Å². The number of imidazole rings is 1. The van der Waals surface area contributed by atoms with Gasteiger partial charge >= 0.3 is 6.03 Å². The Morgan fingerprint density at radius 1 is 1.03 bits per heavy atom. The van der Waals surface area contributed by atoms with Crippen molar-refractivity contribution in [2.24, 2.45) is 5.92 Å². The minimum absolute atomic E-state index is 0.0130. The van der Waals surface area contributed by atoms with Crippen LogP contribution in [0.25, 0.3) is 16.7 Å². The number of urea groups is 1. The molecule has 0 bridgehead atoms. The van der Waals surface area contributed by atoms with E-state index in [0.717, 1.165) is 29.6 Å². The van der Waals surface area contributed by atoms with Crippen molar-refractivity contribution in [3.8, 4) is 5.69 Å². The third kappa shape index (κ3) is 5.16. The van der Waals surface area contributed by atoms with Crippen molar-refractivity contribution < 1.29 is 14.0 Å². The van der Waals surface area contributed by atoms with Crippen LogP contribution in [0.2, 0.25) is 0 Å². The van der Waals surface area contributed by atoms with Crippen LogP contribution < -0.4 is 10.6 Å². The average Bonchev–Trinajstić information content (AvgIpc) is 3.32. The number of para-hydroxylation sites is 2. The Hall–Kier alpha value is -4.20. The molecule has 0 aliphatic carbocycles. The molecular weight excluding hydrogens is 445 g/mol. The van der Waals surface area contributed by atoms with E-state index in [1.54, 1.807) is 18.5 Å². The van der Waals surface area contributed by atoms with Crippen LogP contribution in [-0.2, 0) is 0 Å². The molecule has 5 rings (SSSR count). The number of nitrogens with one attached hydrogen (secondary N) is 2. The summed E-state index contributed by atoms with van der Waals surface area (Å²) in [6.45, 7) is 1.71. The molecule has 1 unspecified atom stereocenters. The number of aromatic nitrogens is 2. The summed E-state index contributed by atoms with van der Waals surface area (Å²) in [5, 5.41) is 5.47. The van der Waals surface area contributed by atoms with Gasteiger partial charge in [-0.15, -0.1) is 0 Å². The third-order valence-electron chi connectivity index (χ3n) is 6.29. The molecule has 1 aliphatic rings. The van der Waals surface area contributed by atoms with Gasteiger partial charge < -0.3 is 15.5 Å². The second-order valence-corrected chi connectivity index (χ2v) is 8.75. The lowest BCUT2D eigenvalue weighted by Crippen LogP contribution is -2.44. The van der Waals surface area contributed by atoms with Gasteiger partial charge in [-0.1, -0.05) is 18.2 Å². The SMILES string of the molecule is O=C(NCC1CCCN(C(=O)c2ccc(-n3cnc4ccccc43)cc2)C1)Nc1cccc(F)c1. The monoisotopic (exact) mass is 471 g/mol. The predicted molar refractivity (Wildman–Crippen MR) is 133 cm³/mol. The van der Waals surface area contributed by atoms with Crippen LogP contribution in [0.5, 0.6) is 0 Å². The summed E-state index contributed by atoms with van der Waals surface area (Å²) in [5.41, 5.74) is 3.91. The Balaban J connectivity index is 1.18. The quantitative estimate of drug-likeness (QED) is 0.437. The lowest BCUT2D eigenvalue weighted by atomic mass is 9.97. The standard InChI is InChI=1S/C27H26FN5O2/c28-21-6-3-7-22(15-21)31-27(35)29-16-19-5-4-14-32(17-19)26(34)20-10-12-23(13-11-20)33-18-30-24-8-1-2-9-25(24)33/h1-3,6-13,15,18-19H,4-5,14,16-17H2,(H2,29,31,35). The Bertz CT molecular complexity index is 1350. The molecule has 0 radical (unpaired) electrons. The summed E-state index contributed by atoms with van der Waals surface area (Å²) in [5.74, 6) is -0.265. The topological polar surface area (TPSA) is 79.3 Å². The number of hydrogen-bond acceptors (Lipinski definition) is 3. The smallest absolute Gasteiger partial charge is 0.319 e. The van der Waals surface area contributed by atoms with E-state index in [-0.39, 0.29) is 17.9 Å². The van der Waals surface area contributed by atoms with E-state index in [2.05, 4.69) is 15.6 Å². The number of amides is 3. The first kappa shape index (κ1) is 22.6. The molecule has 3 amide bonds. The van der Waals surface area contributed by atoms with Crippen molar-refractivity contribution in [3.63, 3.8) is 0 Å². The number of fused-ring (bicyclic) bond motifs is 1. The van der Waals surface area contributed by atoms with Crippen LogP contribution in [0.1, 0.15) is 23.2 Å². The van der Waals surface area contributed by atoms with E-state index in [9.17, 15) is 14.0 Å². The molecule has 7 nitrogen and oxygen atoms in total. The highest BCUT2D eigenvalue weighted by atomic mass is 19.1. The molecule has 8 heteroatoms. The maximum Gasteiger partial charge on any atom is 0.319 e. The van der Waals surface area contributed by atoms with Crippen LogP contribution in [-0.4, -0.2) is 46.0 Å². The van der Waals surface area contributed by atoms with Gasteiger partial charge in [0, 0.05) is 36.6 Å². The summed E-state index contributed by atoms with van der Waals surface area (Å²) in [7, 11) is 0. The van der Waals surface area contributed by atoms with Crippen LogP contribution in [0.4, 0.5) is 14.9 Å². The highest BCUT2D eigenvalue weighted by Gasteiger charge is 2.25. The van der Waals surface area contributed by atoms with Crippen molar-refractivity contribution in [1.82, 2.24) is 19.8 Å². The summed E-state index contributed by atoms with van der Waals surface area (Å²) >= 11 is 0. The van der Waals surface area contributed by atoms with Gasteiger partial charge in [0.2, 0.25) is 0 Å². The van der Waals surface area contributed by atoms with Crippen molar-refractivity contribution in [3.05, 3.63) is 90.5 Å². The lowest BCUT2D eigenvalue weighted by Gasteiger charge is -2.33. The largest absolute Gasteiger partial charge is 0.338 e. The van der Waals surface area contributed by atoms with Gasteiger partial charge in [0.25, 0.3) is 5.91 Å². The second-order valence-electron chi connectivity index (χ2n) is 8.75. The molecule has 178 valence electrons. The van der Waals surface area contributed by atoms with E-state index in [1.807, 2.05) is 58.0 Å². The van der Waals surface area contributed by atoms with Crippen molar-refractivity contribution in [1.29, 1.82) is 0 Å². The van der Waals surface area contributed by atoms with Crippen LogP contribution in [0.3, 0.4) is 0 Å². The summed E-state index contributed by atoms with van der Waals surface area (Å²) in [4.78, 5) is 31.6. The van der Waals surface area contributed by atoms with Gasteiger partial charge in [-0.2, -0.15) is 0 Å². The number of piperidine rings is 1. The maximum absolute atomic E-state index is 13.3. The highest BCUT2D eigenvalue weighted by molar-refractivity contribution is 5.94. The second kappa shape index (κ2) is 9.97.